The van der Waals surface area contributed by atoms with Gasteiger partial charge in [-0.05, 0) is 24.9 Å². The van der Waals surface area contributed by atoms with Crippen molar-refractivity contribution >= 4 is 18.3 Å². The summed E-state index contributed by atoms with van der Waals surface area (Å²) in [5.41, 5.74) is 0.289. The molecule has 1 aromatic rings. The lowest BCUT2D eigenvalue weighted by Gasteiger charge is -2.30. The minimum Gasteiger partial charge on any atom is -0.468 e. The van der Waals surface area contributed by atoms with Crippen molar-refractivity contribution in [1.82, 2.24) is 15.6 Å². The number of hydrogen-bond donors (Lipinski definition) is 2. The van der Waals surface area contributed by atoms with Crippen molar-refractivity contribution in [3.63, 3.8) is 0 Å². The fourth-order valence-electron chi connectivity index (χ4n) is 2.19. The molecule has 130 valence electrons. The topological polar surface area (TPSA) is 63.2 Å². The van der Waals surface area contributed by atoms with Crippen LogP contribution in [-0.4, -0.2) is 42.8 Å². The molecule has 1 aliphatic rings. The average Bonchev–Trinajstić information content (AvgIpc) is 2.47. The van der Waals surface area contributed by atoms with Crippen molar-refractivity contribution in [2.75, 3.05) is 19.7 Å². The van der Waals surface area contributed by atoms with Crippen molar-refractivity contribution in [1.29, 1.82) is 0 Å². The predicted octanol–water partition coefficient (Wildman–Crippen LogP) is 2.17. The molecule has 1 aliphatic heterocycles. The second kappa shape index (κ2) is 8.35. The van der Waals surface area contributed by atoms with Crippen LogP contribution in [0.15, 0.2) is 18.3 Å². The predicted molar refractivity (Wildman–Crippen MR) is 80.9 cm³/mol. The largest absolute Gasteiger partial charge is 0.468 e. The summed E-state index contributed by atoms with van der Waals surface area (Å²) in [5.74, 6) is -0.0930. The lowest BCUT2D eigenvalue weighted by atomic mass is 9.94. The lowest BCUT2D eigenvalue weighted by Crippen LogP contribution is -2.50. The Labute approximate surface area is 138 Å². The molecule has 0 aliphatic carbocycles. The van der Waals surface area contributed by atoms with Crippen LogP contribution < -0.4 is 15.4 Å². The fourth-order valence-corrected chi connectivity index (χ4v) is 2.19. The van der Waals surface area contributed by atoms with Gasteiger partial charge in [0.15, 0.2) is 6.61 Å². The van der Waals surface area contributed by atoms with Crippen molar-refractivity contribution in [2.24, 2.45) is 5.92 Å². The monoisotopic (exact) mass is 353 g/mol. The number of piperidine rings is 1. The van der Waals surface area contributed by atoms with Gasteiger partial charge in [-0.2, -0.15) is 13.2 Å². The van der Waals surface area contributed by atoms with Crippen molar-refractivity contribution < 1.29 is 22.7 Å². The van der Waals surface area contributed by atoms with Gasteiger partial charge in [0.25, 0.3) is 5.91 Å². The maximum absolute atomic E-state index is 12.1. The van der Waals surface area contributed by atoms with Crippen LogP contribution in [-0.2, 0) is 0 Å². The molecule has 1 aromatic heterocycles. The van der Waals surface area contributed by atoms with Crippen LogP contribution >= 0.6 is 12.4 Å². The van der Waals surface area contributed by atoms with Crippen molar-refractivity contribution in [2.45, 2.75) is 25.6 Å². The van der Waals surface area contributed by atoms with E-state index in [2.05, 4.69) is 27.3 Å². The SMILES string of the molecule is CC1CCNCC1NC(=O)c1ccc(OCC(F)(F)F)nc1.Cl. The summed E-state index contributed by atoms with van der Waals surface area (Å²) in [6, 6.07) is 2.68. The molecular formula is C14H19ClF3N3O2. The molecule has 9 heteroatoms. The van der Waals surface area contributed by atoms with E-state index in [0.717, 1.165) is 13.0 Å². The lowest BCUT2D eigenvalue weighted by molar-refractivity contribution is -0.154. The van der Waals surface area contributed by atoms with E-state index in [1.54, 1.807) is 0 Å². The number of ether oxygens (including phenoxy) is 1. The van der Waals surface area contributed by atoms with E-state index in [1.807, 2.05) is 0 Å². The van der Waals surface area contributed by atoms with Crippen LogP contribution in [0, 0.1) is 5.92 Å². The van der Waals surface area contributed by atoms with Crippen molar-refractivity contribution in [3.8, 4) is 5.88 Å². The number of hydrogen-bond acceptors (Lipinski definition) is 4. The highest BCUT2D eigenvalue weighted by molar-refractivity contribution is 5.94. The highest BCUT2D eigenvalue weighted by Crippen LogP contribution is 2.17. The molecule has 2 heterocycles. The molecule has 2 unspecified atom stereocenters. The Morgan fingerprint density at radius 3 is 2.78 bits per heavy atom. The minimum atomic E-state index is -4.41. The first-order valence-corrected chi connectivity index (χ1v) is 7.02. The Morgan fingerprint density at radius 1 is 1.48 bits per heavy atom. The van der Waals surface area contributed by atoms with E-state index in [0.29, 0.717) is 12.5 Å². The van der Waals surface area contributed by atoms with Crippen LogP contribution in [0.3, 0.4) is 0 Å². The van der Waals surface area contributed by atoms with E-state index in [1.165, 1.54) is 18.3 Å². The average molecular weight is 354 g/mol. The molecule has 2 atom stereocenters. The Hall–Kier alpha value is -1.54. The quantitative estimate of drug-likeness (QED) is 0.871. The molecular weight excluding hydrogens is 335 g/mol. The normalized spacial score (nSPS) is 21.2. The molecule has 0 saturated carbocycles. The molecule has 0 spiro atoms. The van der Waals surface area contributed by atoms with Crippen LogP contribution in [0.1, 0.15) is 23.7 Å². The number of carbonyl (C=O) groups is 1. The van der Waals surface area contributed by atoms with Crippen molar-refractivity contribution in [3.05, 3.63) is 23.9 Å². The zero-order valence-electron chi connectivity index (χ0n) is 12.5. The third-order valence-electron chi connectivity index (χ3n) is 3.53. The number of aromatic nitrogens is 1. The van der Waals surface area contributed by atoms with Crippen LogP contribution in [0.2, 0.25) is 0 Å². The van der Waals surface area contributed by atoms with Crippen LogP contribution in [0.4, 0.5) is 13.2 Å². The molecule has 2 N–H and O–H groups in total. The highest BCUT2D eigenvalue weighted by Gasteiger charge is 2.28. The van der Waals surface area contributed by atoms with Gasteiger partial charge in [0.05, 0.1) is 5.56 Å². The minimum absolute atomic E-state index is 0. The van der Waals surface area contributed by atoms with E-state index in [9.17, 15) is 18.0 Å². The van der Waals surface area contributed by atoms with Gasteiger partial charge in [0.2, 0.25) is 5.88 Å². The number of halogens is 4. The molecule has 2 rings (SSSR count). The Bertz CT molecular complexity index is 511. The second-order valence-corrected chi connectivity index (χ2v) is 5.34. The number of alkyl halides is 3. The van der Waals surface area contributed by atoms with Gasteiger partial charge in [0.1, 0.15) is 0 Å². The second-order valence-electron chi connectivity index (χ2n) is 5.34. The molecule has 0 radical (unpaired) electrons. The van der Waals surface area contributed by atoms with Gasteiger partial charge in [-0.25, -0.2) is 4.98 Å². The summed E-state index contributed by atoms with van der Waals surface area (Å²) < 4.78 is 40.6. The first-order valence-electron chi connectivity index (χ1n) is 7.02. The van der Waals surface area contributed by atoms with Gasteiger partial charge in [-0.3, -0.25) is 4.79 Å². The number of amides is 1. The highest BCUT2D eigenvalue weighted by atomic mass is 35.5. The number of rotatable bonds is 4. The summed E-state index contributed by atoms with van der Waals surface area (Å²) in [5, 5.41) is 6.10. The Morgan fingerprint density at radius 2 is 2.22 bits per heavy atom. The van der Waals surface area contributed by atoms with Gasteiger partial charge in [-0.15, -0.1) is 12.4 Å². The van der Waals surface area contributed by atoms with Crippen LogP contribution in [0.25, 0.3) is 0 Å². The maximum atomic E-state index is 12.1. The maximum Gasteiger partial charge on any atom is 0.422 e. The van der Waals surface area contributed by atoms with Crippen LogP contribution in [0.5, 0.6) is 5.88 Å². The smallest absolute Gasteiger partial charge is 0.422 e. The van der Waals surface area contributed by atoms with Gasteiger partial charge in [-0.1, -0.05) is 6.92 Å². The third-order valence-corrected chi connectivity index (χ3v) is 3.53. The van der Waals surface area contributed by atoms with E-state index in [4.69, 9.17) is 0 Å². The number of carbonyl (C=O) groups excluding carboxylic acids is 1. The first kappa shape index (κ1) is 19.5. The summed E-state index contributed by atoms with van der Waals surface area (Å²) in [6.45, 7) is 2.29. The standard InChI is InChI=1S/C14H18F3N3O2.ClH/c1-9-4-5-18-7-11(9)20-13(21)10-2-3-12(19-6-10)22-8-14(15,16)17;/h2-3,6,9,11,18H,4-5,7-8H2,1H3,(H,20,21);1H. The first-order chi connectivity index (χ1) is 10.3. The summed E-state index contributed by atoms with van der Waals surface area (Å²) in [6.07, 6.45) is -2.22. The Balaban J connectivity index is 0.00000264. The summed E-state index contributed by atoms with van der Waals surface area (Å²) in [4.78, 5) is 15.8. The van der Waals surface area contributed by atoms with E-state index < -0.39 is 12.8 Å². The zero-order chi connectivity index (χ0) is 16.2. The third kappa shape index (κ3) is 6.23. The van der Waals surface area contributed by atoms with E-state index >= 15 is 0 Å². The summed E-state index contributed by atoms with van der Waals surface area (Å²) >= 11 is 0. The van der Waals surface area contributed by atoms with E-state index in [-0.39, 0.29) is 35.8 Å². The molecule has 1 saturated heterocycles. The molecule has 5 nitrogen and oxygen atoms in total. The van der Waals surface area contributed by atoms with Gasteiger partial charge >= 0.3 is 6.18 Å². The number of pyridine rings is 1. The number of nitrogens with one attached hydrogen (secondary N) is 2. The molecule has 23 heavy (non-hydrogen) atoms. The fraction of sp³-hybridized carbons (Fsp3) is 0.571. The summed E-state index contributed by atoms with van der Waals surface area (Å²) in [7, 11) is 0. The molecule has 0 bridgehead atoms. The zero-order valence-corrected chi connectivity index (χ0v) is 13.3. The van der Waals surface area contributed by atoms with Gasteiger partial charge in [0, 0.05) is 24.8 Å². The molecule has 0 aromatic carbocycles. The molecule has 1 amide bonds. The molecule has 1 fully saturated rings. The Kier molecular flexibility index (Phi) is 7.08. The van der Waals surface area contributed by atoms with Gasteiger partial charge < -0.3 is 15.4 Å². The number of nitrogens with zero attached hydrogens (tertiary/aromatic N) is 1.